The van der Waals surface area contributed by atoms with E-state index >= 15 is 0 Å². The molecule has 18 heavy (non-hydrogen) atoms. The number of para-hydroxylation sites is 1. The summed E-state index contributed by atoms with van der Waals surface area (Å²) in [5, 5.41) is 0. The first-order valence-corrected chi connectivity index (χ1v) is 6.83. The summed E-state index contributed by atoms with van der Waals surface area (Å²) in [5.74, 6) is 0.920. The molecule has 1 saturated carbocycles. The smallest absolute Gasteiger partial charge is 0.119 e. The van der Waals surface area contributed by atoms with Crippen LogP contribution < -0.4 is 10.5 Å². The first-order chi connectivity index (χ1) is 8.79. The van der Waals surface area contributed by atoms with E-state index in [-0.39, 0.29) is 5.54 Å². The van der Waals surface area contributed by atoms with Crippen LogP contribution in [0.3, 0.4) is 0 Å². The molecular formula is C15H23NO2. The summed E-state index contributed by atoms with van der Waals surface area (Å²) in [6, 6.07) is 9.87. The first kappa shape index (κ1) is 13.4. The zero-order chi connectivity index (χ0) is 12.7. The standard InChI is InChI=1S/C15H23NO2/c16-15(9-4-5-10-15)13-17-11-6-12-18-14-7-2-1-3-8-14/h1-3,7-8H,4-6,9-13,16H2. The Morgan fingerprint density at radius 1 is 1.06 bits per heavy atom. The van der Waals surface area contributed by atoms with Crippen molar-refractivity contribution in [1.82, 2.24) is 0 Å². The Kier molecular flexibility index (Phi) is 5.02. The maximum Gasteiger partial charge on any atom is 0.119 e. The average molecular weight is 249 g/mol. The second-order valence-electron chi connectivity index (χ2n) is 5.14. The molecule has 3 heteroatoms. The molecule has 0 radical (unpaired) electrons. The van der Waals surface area contributed by atoms with Crippen molar-refractivity contribution in [2.24, 2.45) is 5.73 Å². The van der Waals surface area contributed by atoms with Crippen molar-refractivity contribution < 1.29 is 9.47 Å². The van der Waals surface area contributed by atoms with E-state index < -0.39 is 0 Å². The van der Waals surface area contributed by atoms with Gasteiger partial charge in [-0.2, -0.15) is 0 Å². The third-order valence-electron chi connectivity index (χ3n) is 3.43. The lowest BCUT2D eigenvalue weighted by Crippen LogP contribution is -2.41. The lowest BCUT2D eigenvalue weighted by atomic mass is 10.0. The summed E-state index contributed by atoms with van der Waals surface area (Å²) in [4.78, 5) is 0. The molecule has 3 nitrogen and oxygen atoms in total. The van der Waals surface area contributed by atoms with E-state index in [1.165, 1.54) is 12.8 Å². The van der Waals surface area contributed by atoms with Gasteiger partial charge in [-0.25, -0.2) is 0 Å². The second-order valence-corrected chi connectivity index (χ2v) is 5.14. The molecule has 0 unspecified atom stereocenters. The molecule has 0 aromatic heterocycles. The van der Waals surface area contributed by atoms with Crippen LogP contribution in [0.25, 0.3) is 0 Å². The van der Waals surface area contributed by atoms with E-state index in [1.54, 1.807) is 0 Å². The van der Waals surface area contributed by atoms with Gasteiger partial charge in [-0.15, -0.1) is 0 Å². The number of nitrogens with two attached hydrogens (primary N) is 1. The van der Waals surface area contributed by atoms with Crippen LogP contribution in [-0.4, -0.2) is 25.4 Å². The third-order valence-corrected chi connectivity index (χ3v) is 3.43. The highest BCUT2D eigenvalue weighted by Crippen LogP contribution is 2.27. The molecule has 0 heterocycles. The molecular weight excluding hydrogens is 226 g/mol. The number of rotatable bonds is 7. The summed E-state index contributed by atoms with van der Waals surface area (Å²) >= 11 is 0. The fourth-order valence-electron chi connectivity index (χ4n) is 2.37. The maximum absolute atomic E-state index is 6.21. The van der Waals surface area contributed by atoms with Crippen LogP contribution in [0, 0.1) is 0 Å². The minimum Gasteiger partial charge on any atom is -0.494 e. The quantitative estimate of drug-likeness (QED) is 0.756. The van der Waals surface area contributed by atoms with Gasteiger partial charge < -0.3 is 15.2 Å². The Hall–Kier alpha value is -1.06. The molecule has 0 bridgehead atoms. The predicted molar refractivity (Wildman–Crippen MR) is 72.8 cm³/mol. The van der Waals surface area contributed by atoms with Crippen molar-refractivity contribution in [2.45, 2.75) is 37.6 Å². The van der Waals surface area contributed by atoms with Crippen molar-refractivity contribution in [1.29, 1.82) is 0 Å². The zero-order valence-corrected chi connectivity index (χ0v) is 10.9. The van der Waals surface area contributed by atoms with Crippen molar-refractivity contribution in [3.05, 3.63) is 30.3 Å². The average Bonchev–Trinajstić information content (AvgIpc) is 2.82. The molecule has 1 fully saturated rings. The molecule has 1 aliphatic rings. The van der Waals surface area contributed by atoms with Gasteiger partial charge in [-0.1, -0.05) is 31.0 Å². The summed E-state index contributed by atoms with van der Waals surface area (Å²) in [6.07, 6.45) is 5.61. The molecule has 0 atom stereocenters. The zero-order valence-electron chi connectivity index (χ0n) is 10.9. The molecule has 0 saturated heterocycles. The van der Waals surface area contributed by atoms with Gasteiger partial charge in [0, 0.05) is 18.6 Å². The summed E-state index contributed by atoms with van der Waals surface area (Å²) in [5.41, 5.74) is 6.15. The Bertz CT molecular complexity index is 334. The number of ether oxygens (including phenoxy) is 2. The largest absolute Gasteiger partial charge is 0.494 e. The number of hydrogen-bond acceptors (Lipinski definition) is 3. The van der Waals surface area contributed by atoms with Gasteiger partial charge in [0.05, 0.1) is 13.2 Å². The van der Waals surface area contributed by atoms with Crippen molar-refractivity contribution in [3.8, 4) is 5.75 Å². The lowest BCUT2D eigenvalue weighted by Gasteiger charge is -2.23. The van der Waals surface area contributed by atoms with Crippen molar-refractivity contribution in [2.75, 3.05) is 19.8 Å². The highest BCUT2D eigenvalue weighted by molar-refractivity contribution is 5.20. The van der Waals surface area contributed by atoms with Crippen LogP contribution in [0.2, 0.25) is 0 Å². The SMILES string of the molecule is NC1(COCCCOc2ccccc2)CCCC1. The second kappa shape index (κ2) is 6.76. The fourth-order valence-corrected chi connectivity index (χ4v) is 2.37. The monoisotopic (exact) mass is 249 g/mol. The molecule has 1 aliphatic carbocycles. The van der Waals surface area contributed by atoms with E-state index in [9.17, 15) is 0 Å². The van der Waals surface area contributed by atoms with E-state index in [0.29, 0.717) is 13.2 Å². The molecule has 2 rings (SSSR count). The highest BCUT2D eigenvalue weighted by atomic mass is 16.5. The Morgan fingerprint density at radius 3 is 2.50 bits per heavy atom. The third kappa shape index (κ3) is 4.31. The Morgan fingerprint density at radius 2 is 1.78 bits per heavy atom. The van der Waals surface area contributed by atoms with Gasteiger partial charge in [0.15, 0.2) is 0 Å². The molecule has 0 amide bonds. The lowest BCUT2D eigenvalue weighted by molar-refractivity contribution is 0.0777. The van der Waals surface area contributed by atoms with Gasteiger partial charge in [0.1, 0.15) is 5.75 Å². The number of hydrogen-bond donors (Lipinski definition) is 1. The van der Waals surface area contributed by atoms with Crippen LogP contribution in [-0.2, 0) is 4.74 Å². The molecule has 1 aromatic rings. The van der Waals surface area contributed by atoms with E-state index in [4.69, 9.17) is 15.2 Å². The molecule has 2 N–H and O–H groups in total. The molecule has 100 valence electrons. The minimum atomic E-state index is -0.0553. The van der Waals surface area contributed by atoms with Gasteiger partial charge in [0.25, 0.3) is 0 Å². The van der Waals surface area contributed by atoms with Crippen LogP contribution >= 0.6 is 0 Å². The molecule has 0 spiro atoms. The van der Waals surface area contributed by atoms with E-state index in [2.05, 4.69) is 0 Å². The maximum atomic E-state index is 6.21. The van der Waals surface area contributed by atoms with Crippen LogP contribution in [0.15, 0.2) is 30.3 Å². The van der Waals surface area contributed by atoms with Gasteiger partial charge in [-0.3, -0.25) is 0 Å². The normalized spacial score (nSPS) is 17.8. The van der Waals surface area contributed by atoms with Gasteiger partial charge >= 0.3 is 0 Å². The summed E-state index contributed by atoms with van der Waals surface area (Å²) < 4.78 is 11.2. The van der Waals surface area contributed by atoms with E-state index in [0.717, 1.165) is 31.6 Å². The van der Waals surface area contributed by atoms with Crippen LogP contribution in [0.5, 0.6) is 5.75 Å². The van der Waals surface area contributed by atoms with Crippen LogP contribution in [0.4, 0.5) is 0 Å². The summed E-state index contributed by atoms with van der Waals surface area (Å²) in [6.45, 7) is 2.12. The Labute approximate surface area is 109 Å². The van der Waals surface area contributed by atoms with Crippen LogP contribution in [0.1, 0.15) is 32.1 Å². The fraction of sp³-hybridized carbons (Fsp3) is 0.600. The van der Waals surface area contributed by atoms with Gasteiger partial charge in [-0.05, 0) is 25.0 Å². The minimum absolute atomic E-state index is 0.0553. The topological polar surface area (TPSA) is 44.5 Å². The number of benzene rings is 1. The van der Waals surface area contributed by atoms with E-state index in [1.807, 2.05) is 30.3 Å². The predicted octanol–water partition coefficient (Wildman–Crippen LogP) is 2.74. The molecule has 0 aliphatic heterocycles. The van der Waals surface area contributed by atoms with Crippen molar-refractivity contribution >= 4 is 0 Å². The first-order valence-electron chi connectivity index (χ1n) is 6.83. The Balaban J connectivity index is 1.51. The van der Waals surface area contributed by atoms with Crippen molar-refractivity contribution in [3.63, 3.8) is 0 Å². The highest BCUT2D eigenvalue weighted by Gasteiger charge is 2.29. The van der Waals surface area contributed by atoms with Gasteiger partial charge in [0.2, 0.25) is 0 Å². The summed E-state index contributed by atoms with van der Waals surface area (Å²) in [7, 11) is 0. The molecule has 1 aromatic carbocycles.